The van der Waals surface area contributed by atoms with Gasteiger partial charge in [0.2, 0.25) is 11.8 Å². The van der Waals surface area contributed by atoms with Crippen molar-refractivity contribution in [2.45, 2.75) is 50.4 Å². The van der Waals surface area contributed by atoms with E-state index in [9.17, 15) is 22.8 Å². The second-order valence-electron chi connectivity index (χ2n) is 10.5. The summed E-state index contributed by atoms with van der Waals surface area (Å²) >= 11 is 6.15. The lowest BCUT2D eigenvalue weighted by molar-refractivity contribution is -0.141. The van der Waals surface area contributed by atoms with Gasteiger partial charge in [-0.3, -0.25) is 19.4 Å². The lowest BCUT2D eigenvalue weighted by Crippen LogP contribution is -2.46. The van der Waals surface area contributed by atoms with Crippen molar-refractivity contribution in [3.05, 3.63) is 94.8 Å². The number of aromatic nitrogens is 1. The van der Waals surface area contributed by atoms with Crippen molar-refractivity contribution in [2.24, 2.45) is 11.7 Å². The quantitative estimate of drug-likeness (QED) is 0.299. The third-order valence-corrected chi connectivity index (χ3v) is 9.28. The van der Waals surface area contributed by atoms with Gasteiger partial charge in [-0.1, -0.05) is 48.0 Å². The van der Waals surface area contributed by atoms with Crippen LogP contribution in [0, 0.1) is 5.92 Å². The van der Waals surface area contributed by atoms with Gasteiger partial charge in [0.25, 0.3) is 0 Å². The van der Waals surface area contributed by atoms with Gasteiger partial charge in [0, 0.05) is 49.0 Å². The van der Waals surface area contributed by atoms with E-state index < -0.39 is 39.4 Å². The molecule has 4 rings (SSSR count). The Balaban J connectivity index is 1.50. The second-order valence-corrected chi connectivity index (χ2v) is 13.0. The van der Waals surface area contributed by atoms with Gasteiger partial charge in [-0.25, -0.2) is 8.42 Å². The van der Waals surface area contributed by atoms with E-state index in [4.69, 9.17) is 17.3 Å². The number of nitrogens with one attached hydrogen (secondary N) is 1. The topological polar surface area (TPSA) is 140 Å². The molecule has 1 aromatic heterocycles. The van der Waals surface area contributed by atoms with Gasteiger partial charge in [-0.05, 0) is 60.2 Å². The van der Waals surface area contributed by atoms with E-state index in [1.807, 2.05) is 6.07 Å². The molecule has 0 spiro atoms. The van der Waals surface area contributed by atoms with Crippen LogP contribution in [0.25, 0.3) is 0 Å². The number of hydrogen-bond acceptors (Lipinski definition) is 7. The Morgan fingerprint density at radius 1 is 1.05 bits per heavy atom. The second kappa shape index (κ2) is 14.5. The fourth-order valence-corrected chi connectivity index (χ4v) is 7.22. The summed E-state index contributed by atoms with van der Waals surface area (Å²) in [7, 11) is -3.77. The van der Waals surface area contributed by atoms with Crippen LogP contribution in [0.2, 0.25) is 5.02 Å². The third-order valence-electron chi connectivity index (χ3n) is 7.37. The molecular weight excluding hydrogens is 576 g/mol. The zero-order valence-corrected chi connectivity index (χ0v) is 24.8. The van der Waals surface area contributed by atoms with Gasteiger partial charge >= 0.3 is 0 Å². The molecular formula is C31H35ClN4O5S. The number of halogens is 1. The normalized spacial score (nSPS) is 15.8. The first-order chi connectivity index (χ1) is 20.1. The number of Topliss-reactive ketones (excluding diaryl/α,β-unsaturated/α-hetero) is 1. The molecule has 9 nitrogen and oxygen atoms in total. The van der Waals surface area contributed by atoms with Crippen molar-refractivity contribution >= 4 is 44.7 Å². The minimum atomic E-state index is -3.77. The first kappa shape index (κ1) is 31.3. The van der Waals surface area contributed by atoms with Crippen LogP contribution >= 0.6 is 11.6 Å². The molecule has 1 aliphatic rings. The average molecular weight is 611 g/mol. The molecule has 3 aromatic rings. The van der Waals surface area contributed by atoms with E-state index in [1.165, 1.54) is 17.3 Å². The predicted octanol–water partition coefficient (Wildman–Crippen LogP) is 3.95. The standard InChI is InChI=1S/C31H35ClN4O5S/c32-26-10-8-24(19-33)23(17-26)9-11-29(37)28-7-4-16-36(28)31(39)25(18-30(38)35-27-12-14-34-15-13-27)21-42(40,41)20-22-5-2-1-3-6-22/h1-3,5-6,8,10,12-15,17,25,28H,4,7,9,11,16,18-21,33H2,(H,34,35,38)/t25-,28-/m0/s1. The number of anilines is 1. The van der Waals surface area contributed by atoms with Crippen molar-refractivity contribution in [2.75, 3.05) is 17.6 Å². The van der Waals surface area contributed by atoms with Crippen molar-refractivity contribution in [3.63, 3.8) is 0 Å². The van der Waals surface area contributed by atoms with E-state index >= 15 is 0 Å². The third kappa shape index (κ3) is 8.70. The number of hydrogen-bond donors (Lipinski definition) is 2. The Labute approximate surface area is 251 Å². The molecule has 0 radical (unpaired) electrons. The molecule has 2 aromatic carbocycles. The summed E-state index contributed by atoms with van der Waals surface area (Å²) in [5, 5.41) is 3.26. The highest BCUT2D eigenvalue weighted by Crippen LogP contribution is 2.26. The number of likely N-dealkylation sites (tertiary alicyclic amines) is 1. The number of rotatable bonds is 13. The van der Waals surface area contributed by atoms with Crippen molar-refractivity contribution in [1.82, 2.24) is 9.88 Å². The molecule has 3 N–H and O–H groups in total. The van der Waals surface area contributed by atoms with Crippen LogP contribution in [0.1, 0.15) is 42.4 Å². The van der Waals surface area contributed by atoms with E-state index in [-0.39, 0.29) is 24.4 Å². The van der Waals surface area contributed by atoms with Gasteiger partial charge in [0.1, 0.15) is 0 Å². The van der Waals surface area contributed by atoms with Gasteiger partial charge < -0.3 is 16.0 Å². The number of carbonyl (C=O) groups excluding carboxylic acids is 3. The van der Waals surface area contributed by atoms with Crippen LogP contribution in [0.15, 0.2) is 73.1 Å². The molecule has 42 heavy (non-hydrogen) atoms. The van der Waals surface area contributed by atoms with E-state index in [1.54, 1.807) is 54.6 Å². The fourth-order valence-electron chi connectivity index (χ4n) is 5.33. The number of sulfone groups is 1. The zero-order valence-electron chi connectivity index (χ0n) is 23.2. The number of ketones is 1. The Bertz CT molecular complexity index is 1500. The summed E-state index contributed by atoms with van der Waals surface area (Å²) in [6.07, 6.45) is 4.40. The Hall–Kier alpha value is -3.60. The molecule has 0 bridgehead atoms. The van der Waals surface area contributed by atoms with Crippen LogP contribution in [-0.2, 0) is 42.9 Å². The fraction of sp³-hybridized carbons (Fsp3) is 0.355. The summed E-state index contributed by atoms with van der Waals surface area (Å²) in [6.45, 7) is 0.636. The molecule has 2 amide bonds. The number of amides is 2. The summed E-state index contributed by atoms with van der Waals surface area (Å²) in [5.74, 6) is -3.02. The van der Waals surface area contributed by atoms with E-state index in [0.717, 1.165) is 11.1 Å². The monoisotopic (exact) mass is 610 g/mol. The minimum Gasteiger partial charge on any atom is -0.332 e. The summed E-state index contributed by atoms with van der Waals surface area (Å²) in [6, 6.07) is 16.6. The summed E-state index contributed by atoms with van der Waals surface area (Å²) in [5.41, 5.74) is 8.71. The Morgan fingerprint density at radius 2 is 1.79 bits per heavy atom. The van der Waals surface area contributed by atoms with Gasteiger partial charge in [-0.2, -0.15) is 0 Å². The molecule has 1 aliphatic heterocycles. The molecule has 1 fully saturated rings. The lowest BCUT2D eigenvalue weighted by Gasteiger charge is -2.28. The van der Waals surface area contributed by atoms with Crippen molar-refractivity contribution < 1.29 is 22.8 Å². The largest absolute Gasteiger partial charge is 0.332 e. The molecule has 1 saturated heterocycles. The molecule has 2 atom stereocenters. The summed E-state index contributed by atoms with van der Waals surface area (Å²) in [4.78, 5) is 45.6. The lowest BCUT2D eigenvalue weighted by atomic mass is 9.97. The SMILES string of the molecule is NCc1ccc(Cl)cc1CCC(=O)[C@@H]1CCCN1C(=O)[C@@H](CC(=O)Nc1ccncc1)CS(=O)(=O)Cc1ccccc1. The van der Waals surface area contributed by atoms with E-state index in [2.05, 4.69) is 10.3 Å². The highest BCUT2D eigenvalue weighted by atomic mass is 35.5. The molecule has 11 heteroatoms. The molecule has 0 aliphatic carbocycles. The van der Waals surface area contributed by atoms with Crippen LogP contribution in [0.4, 0.5) is 5.69 Å². The van der Waals surface area contributed by atoms with Crippen LogP contribution in [0.3, 0.4) is 0 Å². The maximum atomic E-state index is 13.9. The molecule has 222 valence electrons. The van der Waals surface area contributed by atoms with Gasteiger partial charge in [0.15, 0.2) is 15.6 Å². The number of nitrogens with two attached hydrogens (primary N) is 1. The molecule has 2 heterocycles. The van der Waals surface area contributed by atoms with Crippen molar-refractivity contribution in [3.8, 4) is 0 Å². The number of carbonyl (C=O) groups is 3. The number of nitrogens with zero attached hydrogens (tertiary/aromatic N) is 2. The zero-order chi connectivity index (χ0) is 30.1. The number of benzene rings is 2. The highest BCUT2D eigenvalue weighted by Gasteiger charge is 2.39. The maximum Gasteiger partial charge on any atom is 0.227 e. The Kier molecular flexibility index (Phi) is 10.8. The highest BCUT2D eigenvalue weighted by molar-refractivity contribution is 7.90. The first-order valence-corrected chi connectivity index (χ1v) is 16.1. The van der Waals surface area contributed by atoms with Gasteiger partial charge in [-0.15, -0.1) is 0 Å². The van der Waals surface area contributed by atoms with Gasteiger partial charge in [0.05, 0.1) is 23.5 Å². The van der Waals surface area contributed by atoms with Crippen LogP contribution < -0.4 is 11.1 Å². The Morgan fingerprint density at radius 3 is 2.50 bits per heavy atom. The van der Waals surface area contributed by atoms with Crippen LogP contribution in [0.5, 0.6) is 0 Å². The van der Waals surface area contributed by atoms with Crippen molar-refractivity contribution in [1.29, 1.82) is 0 Å². The summed E-state index contributed by atoms with van der Waals surface area (Å²) < 4.78 is 26.5. The average Bonchev–Trinajstić information content (AvgIpc) is 3.46. The van der Waals surface area contributed by atoms with Crippen LogP contribution in [-0.4, -0.2) is 54.2 Å². The number of aryl methyl sites for hydroxylation is 1. The number of pyridine rings is 1. The maximum absolute atomic E-state index is 13.9. The molecule has 0 saturated carbocycles. The van der Waals surface area contributed by atoms with E-state index in [0.29, 0.717) is 48.6 Å². The first-order valence-electron chi connectivity index (χ1n) is 13.9. The predicted molar refractivity (Wildman–Crippen MR) is 162 cm³/mol. The smallest absolute Gasteiger partial charge is 0.227 e. The molecule has 0 unspecified atom stereocenters. The minimum absolute atomic E-state index is 0.115.